The van der Waals surface area contributed by atoms with Gasteiger partial charge in [0, 0.05) is 12.3 Å². The first-order chi connectivity index (χ1) is 8.98. The van der Waals surface area contributed by atoms with Crippen molar-refractivity contribution in [3.05, 3.63) is 48.2 Å². The number of aromatic nitrogens is 1. The smallest absolute Gasteiger partial charge is 0.214 e. The minimum Gasteiger partial charge on any atom is -0.472 e. The molecule has 0 radical (unpaired) electrons. The van der Waals surface area contributed by atoms with Gasteiger partial charge < -0.3 is 4.74 Å². The summed E-state index contributed by atoms with van der Waals surface area (Å²) in [5.41, 5.74) is 3.46. The molecule has 1 aromatic heterocycles. The Labute approximate surface area is 115 Å². The van der Waals surface area contributed by atoms with Gasteiger partial charge in [-0.05, 0) is 49.9 Å². The first kappa shape index (κ1) is 13.6. The summed E-state index contributed by atoms with van der Waals surface area (Å²) in [6.45, 7) is 8.24. The topological polar surface area (TPSA) is 22.1 Å². The van der Waals surface area contributed by atoms with Crippen LogP contribution in [0.4, 0.5) is 0 Å². The van der Waals surface area contributed by atoms with E-state index in [0.717, 1.165) is 12.0 Å². The van der Waals surface area contributed by atoms with Gasteiger partial charge in [0.2, 0.25) is 5.88 Å². The fourth-order valence-corrected chi connectivity index (χ4v) is 1.89. The molecular weight excluding hydrogens is 234 g/mol. The summed E-state index contributed by atoms with van der Waals surface area (Å²) in [6.07, 6.45) is 2.86. The third kappa shape index (κ3) is 3.82. The number of ether oxygens (including phenoxy) is 1. The Kier molecular flexibility index (Phi) is 3.89. The van der Waals surface area contributed by atoms with Crippen molar-refractivity contribution in [2.75, 3.05) is 0 Å². The van der Waals surface area contributed by atoms with Crippen molar-refractivity contribution < 1.29 is 4.74 Å². The molecule has 2 nitrogen and oxygen atoms in total. The fraction of sp³-hybridized carbons (Fsp3) is 0.353. The van der Waals surface area contributed by atoms with Crippen LogP contribution >= 0.6 is 0 Å². The largest absolute Gasteiger partial charge is 0.472 e. The lowest BCUT2D eigenvalue weighted by Crippen LogP contribution is -2.23. The standard InChI is InChI=1S/C17H21NO/c1-5-13-6-8-14(9-7-13)15-10-11-18-16(12-15)19-17(2,3)4/h6-12H,5H2,1-4H3. The van der Waals surface area contributed by atoms with Crippen LogP contribution in [0.2, 0.25) is 0 Å². The quantitative estimate of drug-likeness (QED) is 0.806. The molecule has 0 unspecified atom stereocenters. The molecule has 0 saturated heterocycles. The van der Waals surface area contributed by atoms with Crippen LogP contribution in [0, 0.1) is 0 Å². The average molecular weight is 255 g/mol. The highest BCUT2D eigenvalue weighted by atomic mass is 16.5. The zero-order valence-electron chi connectivity index (χ0n) is 12.1. The molecule has 2 aromatic rings. The summed E-state index contributed by atoms with van der Waals surface area (Å²) < 4.78 is 5.80. The van der Waals surface area contributed by atoms with Crippen molar-refractivity contribution in [3.8, 4) is 17.0 Å². The molecule has 1 aromatic carbocycles. The Hall–Kier alpha value is -1.83. The summed E-state index contributed by atoms with van der Waals surface area (Å²) in [7, 11) is 0. The summed E-state index contributed by atoms with van der Waals surface area (Å²) in [6, 6.07) is 12.6. The number of hydrogen-bond donors (Lipinski definition) is 0. The van der Waals surface area contributed by atoms with Crippen molar-refractivity contribution in [1.82, 2.24) is 4.98 Å². The molecule has 0 N–H and O–H groups in total. The normalized spacial score (nSPS) is 11.4. The van der Waals surface area contributed by atoms with Crippen LogP contribution in [0.5, 0.6) is 5.88 Å². The first-order valence-corrected chi connectivity index (χ1v) is 6.72. The second-order valence-electron chi connectivity index (χ2n) is 5.65. The predicted octanol–water partition coefficient (Wildman–Crippen LogP) is 4.49. The molecule has 0 fully saturated rings. The van der Waals surface area contributed by atoms with Crippen molar-refractivity contribution in [3.63, 3.8) is 0 Å². The third-order valence-corrected chi connectivity index (χ3v) is 2.84. The van der Waals surface area contributed by atoms with E-state index in [1.54, 1.807) is 6.20 Å². The van der Waals surface area contributed by atoms with Gasteiger partial charge in [0.1, 0.15) is 5.60 Å². The minimum atomic E-state index is -0.225. The molecule has 0 aliphatic carbocycles. The highest BCUT2D eigenvalue weighted by Crippen LogP contribution is 2.24. The number of aryl methyl sites for hydroxylation is 1. The van der Waals surface area contributed by atoms with Gasteiger partial charge in [-0.3, -0.25) is 0 Å². The van der Waals surface area contributed by atoms with Crippen molar-refractivity contribution in [1.29, 1.82) is 0 Å². The molecule has 0 atom stereocenters. The van der Waals surface area contributed by atoms with Crippen LogP contribution in [0.15, 0.2) is 42.6 Å². The Bertz CT molecular complexity index is 538. The number of nitrogens with zero attached hydrogens (tertiary/aromatic N) is 1. The molecule has 2 rings (SSSR count). The van der Waals surface area contributed by atoms with E-state index >= 15 is 0 Å². The van der Waals surface area contributed by atoms with Gasteiger partial charge >= 0.3 is 0 Å². The van der Waals surface area contributed by atoms with Crippen LogP contribution in [0.25, 0.3) is 11.1 Å². The lowest BCUT2D eigenvalue weighted by atomic mass is 10.0. The van der Waals surface area contributed by atoms with Gasteiger partial charge in [0.15, 0.2) is 0 Å². The van der Waals surface area contributed by atoms with Crippen LogP contribution < -0.4 is 4.74 Å². The Balaban J connectivity index is 2.27. The summed E-state index contributed by atoms with van der Waals surface area (Å²) in [5.74, 6) is 0.671. The SMILES string of the molecule is CCc1ccc(-c2ccnc(OC(C)(C)C)c2)cc1. The van der Waals surface area contributed by atoms with E-state index in [1.165, 1.54) is 11.1 Å². The molecular formula is C17H21NO. The lowest BCUT2D eigenvalue weighted by molar-refractivity contribution is 0.124. The molecule has 0 spiro atoms. The van der Waals surface area contributed by atoms with Gasteiger partial charge in [-0.15, -0.1) is 0 Å². The molecule has 0 saturated carbocycles. The molecule has 0 aliphatic heterocycles. The van der Waals surface area contributed by atoms with Gasteiger partial charge in [-0.1, -0.05) is 31.2 Å². The van der Waals surface area contributed by atoms with E-state index in [0.29, 0.717) is 5.88 Å². The number of hydrogen-bond acceptors (Lipinski definition) is 2. The molecule has 100 valence electrons. The second kappa shape index (κ2) is 5.43. The monoisotopic (exact) mass is 255 g/mol. The zero-order chi connectivity index (χ0) is 13.9. The number of rotatable bonds is 3. The number of pyridine rings is 1. The maximum Gasteiger partial charge on any atom is 0.214 e. The van der Waals surface area contributed by atoms with E-state index in [9.17, 15) is 0 Å². The molecule has 0 bridgehead atoms. The van der Waals surface area contributed by atoms with Crippen molar-refractivity contribution in [2.24, 2.45) is 0 Å². The van der Waals surface area contributed by atoms with E-state index < -0.39 is 0 Å². The maximum absolute atomic E-state index is 5.80. The zero-order valence-corrected chi connectivity index (χ0v) is 12.1. The Morgan fingerprint density at radius 2 is 1.68 bits per heavy atom. The molecule has 1 heterocycles. The predicted molar refractivity (Wildman–Crippen MR) is 79.4 cm³/mol. The van der Waals surface area contributed by atoms with E-state index in [4.69, 9.17) is 4.74 Å². The van der Waals surface area contributed by atoms with Crippen molar-refractivity contribution in [2.45, 2.75) is 39.7 Å². The molecule has 0 amide bonds. The van der Waals surface area contributed by atoms with E-state index in [1.807, 2.05) is 32.9 Å². The Morgan fingerprint density at radius 1 is 1.00 bits per heavy atom. The highest BCUT2D eigenvalue weighted by molar-refractivity contribution is 5.64. The van der Waals surface area contributed by atoms with Gasteiger partial charge in [-0.2, -0.15) is 0 Å². The summed E-state index contributed by atoms with van der Waals surface area (Å²) >= 11 is 0. The van der Waals surface area contributed by atoms with Gasteiger partial charge in [0.05, 0.1) is 0 Å². The molecule has 19 heavy (non-hydrogen) atoms. The third-order valence-electron chi connectivity index (χ3n) is 2.84. The average Bonchev–Trinajstić information content (AvgIpc) is 2.37. The van der Waals surface area contributed by atoms with Crippen LogP contribution in [0.3, 0.4) is 0 Å². The van der Waals surface area contributed by atoms with Gasteiger partial charge in [-0.25, -0.2) is 4.98 Å². The van der Waals surface area contributed by atoms with E-state index in [-0.39, 0.29) is 5.60 Å². The fourth-order valence-electron chi connectivity index (χ4n) is 1.89. The van der Waals surface area contributed by atoms with Crippen LogP contribution in [-0.2, 0) is 6.42 Å². The van der Waals surface area contributed by atoms with Crippen molar-refractivity contribution >= 4 is 0 Å². The lowest BCUT2D eigenvalue weighted by Gasteiger charge is -2.20. The second-order valence-corrected chi connectivity index (χ2v) is 5.65. The minimum absolute atomic E-state index is 0.225. The number of benzene rings is 1. The van der Waals surface area contributed by atoms with Gasteiger partial charge in [0.25, 0.3) is 0 Å². The molecule has 0 aliphatic rings. The van der Waals surface area contributed by atoms with E-state index in [2.05, 4.69) is 36.2 Å². The summed E-state index contributed by atoms with van der Waals surface area (Å²) in [4.78, 5) is 4.26. The first-order valence-electron chi connectivity index (χ1n) is 6.72. The molecule has 2 heteroatoms. The van der Waals surface area contributed by atoms with Crippen LogP contribution in [0.1, 0.15) is 33.3 Å². The maximum atomic E-state index is 5.80. The Morgan fingerprint density at radius 3 is 2.26 bits per heavy atom. The summed E-state index contributed by atoms with van der Waals surface area (Å²) in [5, 5.41) is 0. The highest BCUT2D eigenvalue weighted by Gasteiger charge is 2.13. The van der Waals surface area contributed by atoms with Crippen LogP contribution in [-0.4, -0.2) is 10.6 Å².